The van der Waals surface area contributed by atoms with Crippen LogP contribution in [0, 0.1) is 5.92 Å². The van der Waals surface area contributed by atoms with Gasteiger partial charge in [-0.3, -0.25) is 14.6 Å². The molecule has 1 saturated heterocycles. The molecule has 2 heterocycles. The molecule has 1 aromatic carbocycles. The van der Waals surface area contributed by atoms with Crippen LogP contribution < -0.4 is 11.1 Å². The van der Waals surface area contributed by atoms with Gasteiger partial charge in [-0.25, -0.2) is 4.98 Å². The predicted octanol–water partition coefficient (Wildman–Crippen LogP) is 5.17. The molecule has 218 valence electrons. The van der Waals surface area contributed by atoms with E-state index in [1.54, 1.807) is 0 Å². The second-order valence-corrected chi connectivity index (χ2v) is 12.2. The lowest BCUT2D eigenvalue weighted by molar-refractivity contribution is -0.121. The molecular weight excluding hydrogens is 503 g/mol. The highest BCUT2D eigenvalue weighted by Crippen LogP contribution is 2.45. The molecule has 1 fully saturated rings. The molecule has 1 amide bonds. The highest BCUT2D eigenvalue weighted by atomic mass is 16.7. The Kier molecular flexibility index (Phi) is 11.8. The molecule has 40 heavy (non-hydrogen) atoms. The van der Waals surface area contributed by atoms with E-state index in [0.29, 0.717) is 12.3 Å². The van der Waals surface area contributed by atoms with E-state index in [9.17, 15) is 9.59 Å². The minimum absolute atomic E-state index is 0.0489. The predicted molar refractivity (Wildman–Crippen MR) is 159 cm³/mol. The fourth-order valence-electron chi connectivity index (χ4n) is 5.39. The highest BCUT2D eigenvalue weighted by molar-refractivity contribution is 6.48. The van der Waals surface area contributed by atoms with E-state index in [4.69, 9.17) is 15.0 Å². The van der Waals surface area contributed by atoms with E-state index in [0.717, 1.165) is 50.6 Å². The molecule has 9 heteroatoms. The summed E-state index contributed by atoms with van der Waals surface area (Å²) in [6, 6.07) is 9.01. The molecule has 1 aromatic heterocycles. The molecule has 3 atom stereocenters. The second-order valence-electron chi connectivity index (χ2n) is 12.2. The van der Waals surface area contributed by atoms with Crippen molar-refractivity contribution in [1.29, 1.82) is 0 Å². The van der Waals surface area contributed by atoms with Crippen molar-refractivity contribution in [2.24, 2.45) is 11.7 Å². The molecule has 1 aliphatic rings. The lowest BCUT2D eigenvalue weighted by atomic mass is 9.65. The van der Waals surface area contributed by atoms with E-state index in [1.807, 2.05) is 30.3 Å². The number of Topliss-reactive ketones (excluding diaryl/α,β-unsaturated/α-hetero) is 1. The average Bonchev–Trinajstić information content (AvgIpc) is 3.16. The van der Waals surface area contributed by atoms with Crippen LogP contribution in [0.1, 0.15) is 95.6 Å². The third kappa shape index (κ3) is 8.95. The number of nitrogens with two attached hydrogens (primary N) is 1. The molecule has 0 aliphatic carbocycles. The Morgan fingerprint density at radius 1 is 1.02 bits per heavy atom. The van der Waals surface area contributed by atoms with Gasteiger partial charge in [-0.15, -0.1) is 0 Å². The van der Waals surface area contributed by atoms with Gasteiger partial charge in [0, 0.05) is 24.6 Å². The van der Waals surface area contributed by atoms with Gasteiger partial charge in [0.15, 0.2) is 5.78 Å². The molecule has 0 radical (unpaired) electrons. The number of aromatic nitrogens is 2. The van der Waals surface area contributed by atoms with Crippen LogP contribution in [0.25, 0.3) is 0 Å². The average molecular weight is 551 g/mol. The SMILES string of the molecule is CC(C)C[C@H](CC(=O)[C@H](Cc1ccccc1)NC(=O)c1cnccn1)B1OC(C)(C)C(C)(CCCCCCN)O1. The van der Waals surface area contributed by atoms with E-state index in [-0.39, 0.29) is 23.7 Å². The zero-order chi connectivity index (χ0) is 29.2. The van der Waals surface area contributed by atoms with Gasteiger partial charge in [-0.1, -0.05) is 63.4 Å². The quantitative estimate of drug-likeness (QED) is 0.219. The third-order valence-electron chi connectivity index (χ3n) is 8.06. The number of carbonyl (C=O) groups is 2. The van der Waals surface area contributed by atoms with Crippen LogP contribution >= 0.6 is 0 Å². The van der Waals surface area contributed by atoms with Crippen LogP contribution in [0.15, 0.2) is 48.9 Å². The van der Waals surface area contributed by atoms with Crippen LogP contribution in [0.5, 0.6) is 0 Å². The fourth-order valence-corrected chi connectivity index (χ4v) is 5.39. The third-order valence-corrected chi connectivity index (χ3v) is 8.06. The van der Waals surface area contributed by atoms with Crippen LogP contribution in [0.2, 0.25) is 5.82 Å². The molecule has 0 spiro atoms. The Balaban J connectivity index is 1.76. The topological polar surface area (TPSA) is 116 Å². The Morgan fingerprint density at radius 2 is 1.75 bits per heavy atom. The number of rotatable bonds is 16. The van der Waals surface area contributed by atoms with E-state index in [1.165, 1.54) is 18.6 Å². The molecule has 8 nitrogen and oxygen atoms in total. The highest BCUT2D eigenvalue weighted by Gasteiger charge is 2.56. The molecule has 3 N–H and O–H groups in total. The lowest BCUT2D eigenvalue weighted by Gasteiger charge is -2.36. The van der Waals surface area contributed by atoms with Crippen LogP contribution in [-0.4, -0.2) is 52.6 Å². The summed E-state index contributed by atoms with van der Waals surface area (Å²) >= 11 is 0. The van der Waals surface area contributed by atoms with Crippen molar-refractivity contribution in [2.45, 2.75) is 109 Å². The molecule has 0 saturated carbocycles. The maximum Gasteiger partial charge on any atom is 0.461 e. The largest absolute Gasteiger partial charge is 0.461 e. The van der Waals surface area contributed by atoms with Crippen LogP contribution in [0.4, 0.5) is 0 Å². The van der Waals surface area contributed by atoms with Gasteiger partial charge in [0.1, 0.15) is 5.69 Å². The molecule has 0 bridgehead atoms. The van der Waals surface area contributed by atoms with Crippen molar-refractivity contribution in [3.8, 4) is 0 Å². The zero-order valence-corrected chi connectivity index (χ0v) is 24.9. The number of nitrogens with one attached hydrogen (secondary N) is 1. The monoisotopic (exact) mass is 550 g/mol. The van der Waals surface area contributed by atoms with Crippen LogP contribution in [-0.2, 0) is 20.5 Å². The second kappa shape index (κ2) is 14.9. The number of unbranched alkanes of at least 4 members (excludes halogenated alkanes) is 3. The van der Waals surface area contributed by atoms with Crippen molar-refractivity contribution < 1.29 is 18.9 Å². The van der Waals surface area contributed by atoms with E-state index < -0.39 is 30.3 Å². The number of nitrogens with zero attached hydrogens (tertiary/aromatic N) is 2. The van der Waals surface area contributed by atoms with Crippen molar-refractivity contribution in [3.63, 3.8) is 0 Å². The standard InChI is InChI=1S/C31H47BN4O4/c1-23(2)19-25(32-39-30(3,4)31(5,40-32)15-11-6-7-12-16-33)21-28(37)26(20-24-13-9-8-10-14-24)36-29(38)27-22-34-17-18-35-27/h8-10,13-14,17-18,22-23,25-26H,6-7,11-12,15-16,19-21,33H2,1-5H3,(H,36,38)/t25-,26+,31?/m1/s1. The van der Waals surface area contributed by atoms with Crippen molar-refractivity contribution in [3.05, 3.63) is 60.2 Å². The fraction of sp³-hybridized carbons (Fsp3) is 0.613. The Bertz CT molecular complexity index is 1070. The minimum Gasteiger partial charge on any atom is -0.403 e. The summed E-state index contributed by atoms with van der Waals surface area (Å²) in [5, 5.41) is 2.93. The van der Waals surface area contributed by atoms with Crippen molar-refractivity contribution in [1.82, 2.24) is 15.3 Å². The Morgan fingerprint density at radius 3 is 2.40 bits per heavy atom. The van der Waals surface area contributed by atoms with Gasteiger partial charge >= 0.3 is 7.12 Å². The van der Waals surface area contributed by atoms with Gasteiger partial charge in [0.2, 0.25) is 0 Å². The first-order valence-electron chi connectivity index (χ1n) is 14.7. The first-order chi connectivity index (χ1) is 19.0. The number of hydrogen-bond donors (Lipinski definition) is 2. The Labute approximate surface area is 240 Å². The first kappa shape index (κ1) is 31.9. The van der Waals surface area contributed by atoms with Gasteiger partial charge in [-0.05, 0) is 64.5 Å². The van der Waals surface area contributed by atoms with Gasteiger partial charge in [0.25, 0.3) is 5.91 Å². The van der Waals surface area contributed by atoms with E-state index in [2.05, 4.69) is 49.9 Å². The molecule has 2 aromatic rings. The normalized spacial score (nSPS) is 19.9. The summed E-state index contributed by atoms with van der Waals surface area (Å²) < 4.78 is 13.2. The van der Waals surface area contributed by atoms with E-state index >= 15 is 0 Å². The van der Waals surface area contributed by atoms with Crippen molar-refractivity contribution >= 4 is 18.8 Å². The van der Waals surface area contributed by atoms with Crippen LogP contribution in [0.3, 0.4) is 0 Å². The number of carbonyl (C=O) groups excluding carboxylic acids is 2. The smallest absolute Gasteiger partial charge is 0.403 e. The number of ketones is 1. The molecule has 3 rings (SSSR count). The molecular formula is C31H47BN4O4. The summed E-state index contributed by atoms with van der Waals surface area (Å²) in [7, 11) is -0.497. The van der Waals surface area contributed by atoms with Gasteiger partial charge in [0.05, 0.1) is 23.4 Å². The maximum absolute atomic E-state index is 13.9. The molecule has 1 unspecified atom stereocenters. The Hall–Kier alpha value is -2.62. The van der Waals surface area contributed by atoms with Gasteiger partial charge < -0.3 is 20.4 Å². The summed E-state index contributed by atoms with van der Waals surface area (Å²) in [5.74, 6) is -0.262. The summed E-state index contributed by atoms with van der Waals surface area (Å²) in [5.41, 5.74) is 5.85. The van der Waals surface area contributed by atoms with Gasteiger partial charge in [-0.2, -0.15) is 0 Å². The minimum atomic E-state index is -0.713. The number of hydrogen-bond acceptors (Lipinski definition) is 7. The number of amides is 1. The lowest BCUT2D eigenvalue weighted by Crippen LogP contribution is -2.44. The maximum atomic E-state index is 13.9. The van der Waals surface area contributed by atoms with Crippen molar-refractivity contribution in [2.75, 3.05) is 6.54 Å². The first-order valence-corrected chi connectivity index (χ1v) is 14.7. The summed E-state index contributed by atoms with van der Waals surface area (Å²) in [4.78, 5) is 35.0. The summed E-state index contributed by atoms with van der Waals surface area (Å²) in [6.45, 7) is 11.3. The zero-order valence-electron chi connectivity index (χ0n) is 24.9. The number of benzene rings is 1. The molecule has 1 aliphatic heterocycles. The summed E-state index contributed by atoms with van der Waals surface area (Å²) in [6.07, 6.45) is 11.0.